The predicted octanol–water partition coefficient (Wildman–Crippen LogP) is 1.55. The maximum atomic E-state index is 10.7. The van der Waals surface area contributed by atoms with Crippen LogP contribution in [-0.2, 0) is 15.9 Å². The SMILES string of the molecule is CCOc1ncc(B2OC(C)(C)C(C)(C)O2)cc1CNC(=O)O. The second kappa shape index (κ2) is 6.37. The summed E-state index contributed by atoms with van der Waals surface area (Å²) in [7, 11) is -0.549. The van der Waals surface area contributed by atoms with Gasteiger partial charge in [-0.3, -0.25) is 0 Å². The molecule has 0 radical (unpaired) electrons. The van der Waals surface area contributed by atoms with Crippen molar-refractivity contribution in [2.45, 2.75) is 52.4 Å². The Morgan fingerprint density at radius 3 is 2.48 bits per heavy atom. The lowest BCUT2D eigenvalue weighted by Gasteiger charge is -2.32. The summed E-state index contributed by atoms with van der Waals surface area (Å²) in [5, 5.41) is 11.1. The quantitative estimate of drug-likeness (QED) is 0.800. The van der Waals surface area contributed by atoms with E-state index in [1.807, 2.05) is 34.6 Å². The van der Waals surface area contributed by atoms with Crippen molar-refractivity contribution in [3.05, 3.63) is 17.8 Å². The molecule has 1 aliphatic heterocycles. The first-order chi connectivity index (χ1) is 10.7. The average molecular weight is 322 g/mol. The molecule has 0 unspecified atom stereocenters. The van der Waals surface area contributed by atoms with Crippen LogP contribution in [0.1, 0.15) is 40.2 Å². The zero-order valence-corrected chi connectivity index (χ0v) is 14.2. The highest BCUT2D eigenvalue weighted by molar-refractivity contribution is 6.62. The molecule has 2 N–H and O–H groups in total. The van der Waals surface area contributed by atoms with E-state index < -0.39 is 24.4 Å². The van der Waals surface area contributed by atoms with Crippen LogP contribution in [0.3, 0.4) is 0 Å². The first-order valence-electron chi connectivity index (χ1n) is 7.60. The largest absolute Gasteiger partial charge is 0.496 e. The van der Waals surface area contributed by atoms with Gasteiger partial charge in [-0.1, -0.05) is 6.07 Å². The summed E-state index contributed by atoms with van der Waals surface area (Å²) in [5.41, 5.74) is 0.474. The second-order valence-electron chi connectivity index (χ2n) is 6.41. The number of aromatic nitrogens is 1. The molecule has 0 spiro atoms. The maximum absolute atomic E-state index is 10.7. The molecular formula is C15H23BN2O5. The molecule has 1 aromatic rings. The summed E-state index contributed by atoms with van der Waals surface area (Å²) in [6, 6.07) is 1.80. The van der Waals surface area contributed by atoms with Crippen LogP contribution in [0, 0.1) is 0 Å². The first kappa shape index (κ1) is 17.6. The lowest BCUT2D eigenvalue weighted by Crippen LogP contribution is -2.41. The van der Waals surface area contributed by atoms with Gasteiger partial charge in [0.15, 0.2) is 0 Å². The van der Waals surface area contributed by atoms with Gasteiger partial charge in [-0.2, -0.15) is 0 Å². The van der Waals surface area contributed by atoms with Gasteiger partial charge in [0, 0.05) is 17.2 Å². The molecule has 0 aromatic carbocycles. The highest BCUT2D eigenvalue weighted by Gasteiger charge is 2.51. The third kappa shape index (κ3) is 3.76. The van der Waals surface area contributed by atoms with Crippen LogP contribution in [0.4, 0.5) is 4.79 Å². The summed E-state index contributed by atoms with van der Waals surface area (Å²) in [4.78, 5) is 15.0. The van der Waals surface area contributed by atoms with E-state index >= 15 is 0 Å². The van der Waals surface area contributed by atoms with Crippen molar-refractivity contribution in [3.8, 4) is 5.88 Å². The number of ether oxygens (including phenoxy) is 1. The minimum atomic E-state index is -1.10. The van der Waals surface area contributed by atoms with Crippen molar-refractivity contribution in [3.63, 3.8) is 0 Å². The van der Waals surface area contributed by atoms with Crippen molar-refractivity contribution in [2.24, 2.45) is 0 Å². The van der Waals surface area contributed by atoms with Crippen molar-refractivity contribution < 1.29 is 23.9 Å². The highest BCUT2D eigenvalue weighted by atomic mass is 16.7. The van der Waals surface area contributed by atoms with E-state index in [1.165, 1.54) is 0 Å². The molecule has 1 aromatic heterocycles. The fourth-order valence-electron chi connectivity index (χ4n) is 2.19. The molecule has 0 aliphatic carbocycles. The lowest BCUT2D eigenvalue weighted by molar-refractivity contribution is 0.00578. The van der Waals surface area contributed by atoms with Gasteiger partial charge in [-0.05, 0) is 34.6 Å². The van der Waals surface area contributed by atoms with Crippen LogP contribution >= 0.6 is 0 Å². The summed E-state index contributed by atoms with van der Waals surface area (Å²) in [5.74, 6) is 0.404. The summed E-state index contributed by atoms with van der Waals surface area (Å²) >= 11 is 0. The van der Waals surface area contributed by atoms with Crippen LogP contribution in [0.5, 0.6) is 5.88 Å². The molecule has 0 bridgehead atoms. The van der Waals surface area contributed by atoms with E-state index in [0.717, 1.165) is 5.46 Å². The molecule has 0 atom stereocenters. The van der Waals surface area contributed by atoms with E-state index in [0.29, 0.717) is 18.1 Å². The Bertz CT molecular complexity index is 575. The number of hydrogen-bond donors (Lipinski definition) is 2. The third-order valence-corrected chi connectivity index (χ3v) is 4.18. The lowest BCUT2D eigenvalue weighted by atomic mass is 9.79. The fourth-order valence-corrected chi connectivity index (χ4v) is 2.19. The summed E-state index contributed by atoms with van der Waals surface area (Å²) < 4.78 is 17.4. The van der Waals surface area contributed by atoms with Crippen molar-refractivity contribution >= 4 is 18.7 Å². The normalized spacial score (nSPS) is 18.7. The molecule has 7 nitrogen and oxygen atoms in total. The predicted molar refractivity (Wildman–Crippen MR) is 86.0 cm³/mol. The molecule has 8 heteroatoms. The van der Waals surface area contributed by atoms with Crippen LogP contribution < -0.4 is 15.5 Å². The Morgan fingerprint density at radius 2 is 1.96 bits per heavy atom. The molecule has 2 heterocycles. The number of carbonyl (C=O) groups is 1. The number of nitrogens with zero attached hydrogens (tertiary/aromatic N) is 1. The molecule has 1 saturated heterocycles. The summed E-state index contributed by atoms with van der Waals surface area (Å²) in [6.45, 7) is 10.3. The van der Waals surface area contributed by atoms with Crippen LogP contribution in [-0.4, -0.2) is 41.1 Å². The first-order valence-corrected chi connectivity index (χ1v) is 7.60. The molecule has 126 valence electrons. The third-order valence-electron chi connectivity index (χ3n) is 4.18. The number of nitrogens with one attached hydrogen (secondary N) is 1. The van der Waals surface area contributed by atoms with E-state index in [1.54, 1.807) is 12.3 Å². The second-order valence-corrected chi connectivity index (χ2v) is 6.41. The van der Waals surface area contributed by atoms with Crippen molar-refractivity contribution in [1.29, 1.82) is 0 Å². The zero-order valence-electron chi connectivity index (χ0n) is 14.2. The van der Waals surface area contributed by atoms with Gasteiger partial charge >= 0.3 is 13.2 Å². The Labute approximate surface area is 136 Å². The Balaban J connectivity index is 2.26. The van der Waals surface area contributed by atoms with Gasteiger partial charge in [0.25, 0.3) is 0 Å². The van der Waals surface area contributed by atoms with Gasteiger partial charge in [0.1, 0.15) is 0 Å². The molecule has 1 amide bonds. The van der Waals surface area contributed by atoms with Gasteiger partial charge in [0.05, 0.1) is 24.4 Å². The van der Waals surface area contributed by atoms with Crippen LogP contribution in [0.15, 0.2) is 12.3 Å². The molecular weight excluding hydrogens is 299 g/mol. The Hall–Kier alpha value is -1.80. The minimum Gasteiger partial charge on any atom is -0.478 e. The monoisotopic (exact) mass is 322 g/mol. The van der Waals surface area contributed by atoms with Gasteiger partial charge < -0.3 is 24.5 Å². The maximum Gasteiger partial charge on any atom is 0.496 e. The van der Waals surface area contributed by atoms with E-state index in [-0.39, 0.29) is 6.54 Å². The number of rotatable bonds is 5. The van der Waals surface area contributed by atoms with Gasteiger partial charge in [-0.15, -0.1) is 0 Å². The van der Waals surface area contributed by atoms with Gasteiger partial charge in [0.2, 0.25) is 5.88 Å². The Kier molecular flexibility index (Phi) is 4.86. The van der Waals surface area contributed by atoms with E-state index in [2.05, 4.69) is 10.3 Å². The molecule has 23 heavy (non-hydrogen) atoms. The highest BCUT2D eigenvalue weighted by Crippen LogP contribution is 2.36. The number of amides is 1. The van der Waals surface area contributed by atoms with Crippen molar-refractivity contribution in [1.82, 2.24) is 10.3 Å². The molecule has 1 aliphatic rings. The summed E-state index contributed by atoms with van der Waals surface area (Å²) in [6.07, 6.45) is 0.533. The van der Waals surface area contributed by atoms with E-state index in [9.17, 15) is 4.79 Å². The minimum absolute atomic E-state index is 0.102. The zero-order chi connectivity index (χ0) is 17.3. The average Bonchev–Trinajstić information content (AvgIpc) is 2.66. The van der Waals surface area contributed by atoms with Crippen LogP contribution in [0.2, 0.25) is 0 Å². The van der Waals surface area contributed by atoms with Crippen LogP contribution in [0.25, 0.3) is 0 Å². The van der Waals surface area contributed by atoms with Gasteiger partial charge in [-0.25, -0.2) is 9.78 Å². The smallest absolute Gasteiger partial charge is 0.478 e. The van der Waals surface area contributed by atoms with E-state index in [4.69, 9.17) is 19.2 Å². The number of pyridine rings is 1. The topological polar surface area (TPSA) is 89.9 Å². The molecule has 1 fully saturated rings. The van der Waals surface area contributed by atoms with Crippen molar-refractivity contribution in [2.75, 3.05) is 6.61 Å². The standard InChI is InChI=1S/C15H23BN2O5/c1-6-21-12-10(8-18-13(19)20)7-11(9-17-12)16-22-14(2,3)15(4,5)23-16/h7,9,18H,6,8H2,1-5H3,(H,19,20). The number of carboxylic acid groups (broad SMARTS) is 1. The number of hydrogen-bond acceptors (Lipinski definition) is 5. The molecule has 2 rings (SSSR count). The fraction of sp³-hybridized carbons (Fsp3) is 0.600. The molecule has 0 saturated carbocycles. The Morgan fingerprint density at radius 1 is 1.35 bits per heavy atom.